The second kappa shape index (κ2) is 6.09. The number of furan rings is 1. The van der Waals surface area contributed by atoms with Gasteiger partial charge in [-0.25, -0.2) is 5.84 Å². The van der Waals surface area contributed by atoms with Crippen LogP contribution in [0.15, 0.2) is 16.7 Å². The summed E-state index contributed by atoms with van der Waals surface area (Å²) in [5.41, 5.74) is 2.98. The van der Waals surface area contributed by atoms with Crippen molar-refractivity contribution in [3.63, 3.8) is 0 Å². The van der Waals surface area contributed by atoms with Crippen LogP contribution in [-0.4, -0.2) is 24.4 Å². The van der Waals surface area contributed by atoms with Crippen LogP contribution in [0.5, 0.6) is 0 Å². The molecule has 3 N–H and O–H groups in total. The Labute approximate surface area is 104 Å². The lowest BCUT2D eigenvalue weighted by molar-refractivity contribution is 0.0924. The van der Waals surface area contributed by atoms with Crippen molar-refractivity contribution in [3.05, 3.63) is 23.7 Å². The maximum Gasteiger partial charge on any atom is 0.301 e. The van der Waals surface area contributed by atoms with E-state index in [0.717, 1.165) is 37.4 Å². The van der Waals surface area contributed by atoms with Crippen LogP contribution in [0, 0.1) is 0 Å². The summed E-state index contributed by atoms with van der Waals surface area (Å²) >= 11 is 1.84. The highest BCUT2D eigenvalue weighted by molar-refractivity contribution is 7.99. The van der Waals surface area contributed by atoms with Gasteiger partial charge in [0.25, 0.3) is 0 Å². The molecule has 1 aromatic rings. The number of hydrazine groups is 1. The molecule has 0 unspecified atom stereocenters. The van der Waals surface area contributed by atoms with Crippen LogP contribution in [0.1, 0.15) is 29.0 Å². The molecule has 6 heteroatoms. The van der Waals surface area contributed by atoms with Crippen molar-refractivity contribution in [2.24, 2.45) is 5.84 Å². The van der Waals surface area contributed by atoms with Crippen LogP contribution in [0.3, 0.4) is 0 Å². The zero-order valence-electron chi connectivity index (χ0n) is 9.48. The average Bonchev–Trinajstić information content (AvgIpc) is 2.85. The number of nitrogens with one attached hydrogen (secondary N) is 1. The largest absolute Gasteiger partial charge is 0.459 e. The van der Waals surface area contributed by atoms with Gasteiger partial charge in [-0.2, -0.15) is 11.8 Å². The van der Waals surface area contributed by atoms with Gasteiger partial charge in [0.05, 0.1) is 6.26 Å². The maximum absolute atomic E-state index is 11.4. The Hall–Kier alpha value is -0.980. The minimum absolute atomic E-state index is 0.312. The van der Waals surface area contributed by atoms with E-state index in [2.05, 4.69) is 5.43 Å². The fourth-order valence-corrected chi connectivity index (χ4v) is 2.93. The molecule has 5 nitrogen and oxygen atoms in total. The average molecular weight is 256 g/mol. The molecular weight excluding hydrogens is 240 g/mol. The van der Waals surface area contributed by atoms with E-state index in [4.69, 9.17) is 15.0 Å². The molecule has 17 heavy (non-hydrogen) atoms. The Morgan fingerprint density at radius 2 is 2.29 bits per heavy atom. The van der Waals surface area contributed by atoms with Crippen LogP contribution in [0.4, 0.5) is 0 Å². The van der Waals surface area contributed by atoms with Crippen molar-refractivity contribution in [2.45, 2.75) is 23.8 Å². The standard InChI is InChI=1S/C11H16N2O3S/c12-13-11(14)10-8(1-6-16-10)7-17-9-2-4-15-5-3-9/h1,6,9H,2-5,7,12H2,(H,13,14). The van der Waals surface area contributed by atoms with E-state index in [1.54, 1.807) is 0 Å². The predicted octanol–water partition coefficient (Wildman–Crippen LogP) is 1.30. The SMILES string of the molecule is NNC(=O)c1occc1CSC1CCOCC1. The fraction of sp³-hybridized carbons (Fsp3) is 0.545. The second-order valence-corrected chi connectivity index (χ2v) is 5.16. The molecule has 0 bridgehead atoms. The highest BCUT2D eigenvalue weighted by Gasteiger charge is 2.18. The van der Waals surface area contributed by atoms with Crippen LogP contribution in [0.2, 0.25) is 0 Å². The number of amides is 1. The van der Waals surface area contributed by atoms with Crippen molar-refractivity contribution >= 4 is 17.7 Å². The van der Waals surface area contributed by atoms with E-state index in [9.17, 15) is 4.79 Å². The van der Waals surface area contributed by atoms with Gasteiger partial charge >= 0.3 is 5.91 Å². The minimum atomic E-state index is -0.377. The molecule has 2 rings (SSSR count). The quantitative estimate of drug-likeness (QED) is 0.482. The minimum Gasteiger partial charge on any atom is -0.459 e. The van der Waals surface area contributed by atoms with Crippen LogP contribution >= 0.6 is 11.8 Å². The number of ether oxygens (including phenoxy) is 1. The molecule has 0 saturated carbocycles. The van der Waals surface area contributed by atoms with Gasteiger partial charge in [-0.1, -0.05) is 0 Å². The number of hydrogen-bond donors (Lipinski definition) is 2. The monoisotopic (exact) mass is 256 g/mol. The Morgan fingerprint density at radius 1 is 1.53 bits per heavy atom. The van der Waals surface area contributed by atoms with Gasteiger partial charge in [-0.3, -0.25) is 10.2 Å². The molecule has 0 atom stereocenters. The third kappa shape index (κ3) is 3.24. The molecule has 1 aliphatic rings. The normalized spacial score (nSPS) is 17.0. The smallest absolute Gasteiger partial charge is 0.301 e. The van der Waals surface area contributed by atoms with E-state index < -0.39 is 0 Å². The van der Waals surface area contributed by atoms with Crippen molar-refractivity contribution in [2.75, 3.05) is 13.2 Å². The van der Waals surface area contributed by atoms with Gasteiger partial charge in [0, 0.05) is 29.8 Å². The first-order valence-electron chi connectivity index (χ1n) is 5.58. The number of carbonyl (C=O) groups is 1. The molecule has 1 saturated heterocycles. The Kier molecular flexibility index (Phi) is 4.47. The van der Waals surface area contributed by atoms with Gasteiger partial charge in [0.2, 0.25) is 0 Å². The summed E-state index contributed by atoms with van der Waals surface area (Å²) < 4.78 is 10.4. The van der Waals surface area contributed by atoms with Crippen LogP contribution in [0.25, 0.3) is 0 Å². The summed E-state index contributed by atoms with van der Waals surface area (Å²) in [7, 11) is 0. The fourth-order valence-electron chi connectivity index (χ4n) is 1.76. The lowest BCUT2D eigenvalue weighted by atomic mass is 10.2. The highest BCUT2D eigenvalue weighted by atomic mass is 32.2. The second-order valence-electron chi connectivity index (χ2n) is 3.87. The van der Waals surface area contributed by atoms with Gasteiger partial charge in [0.1, 0.15) is 0 Å². The molecule has 0 aromatic carbocycles. The van der Waals surface area contributed by atoms with Crippen molar-refractivity contribution in [1.29, 1.82) is 0 Å². The van der Waals surface area contributed by atoms with Gasteiger partial charge in [-0.15, -0.1) is 0 Å². The lowest BCUT2D eigenvalue weighted by Gasteiger charge is -2.21. The number of hydrogen-bond acceptors (Lipinski definition) is 5. The third-order valence-electron chi connectivity index (χ3n) is 2.73. The van der Waals surface area contributed by atoms with Crippen molar-refractivity contribution < 1.29 is 13.9 Å². The number of rotatable bonds is 4. The van der Waals surface area contributed by atoms with Gasteiger partial charge in [-0.05, 0) is 18.9 Å². The predicted molar refractivity (Wildman–Crippen MR) is 65.5 cm³/mol. The molecule has 1 fully saturated rings. The van der Waals surface area contributed by atoms with E-state index in [0.29, 0.717) is 11.0 Å². The summed E-state index contributed by atoms with van der Waals surface area (Å²) in [5, 5.41) is 0.604. The highest BCUT2D eigenvalue weighted by Crippen LogP contribution is 2.27. The number of thioether (sulfide) groups is 1. The summed E-state index contributed by atoms with van der Waals surface area (Å²) in [4.78, 5) is 11.4. The maximum atomic E-state index is 11.4. The molecule has 1 amide bonds. The topological polar surface area (TPSA) is 77.5 Å². The number of carbonyl (C=O) groups excluding carboxylic acids is 1. The van der Waals surface area contributed by atoms with Gasteiger partial charge in [0.15, 0.2) is 5.76 Å². The molecule has 0 radical (unpaired) electrons. The first-order chi connectivity index (χ1) is 8.31. The third-order valence-corrected chi connectivity index (χ3v) is 4.15. The van der Waals surface area contributed by atoms with E-state index in [-0.39, 0.29) is 5.91 Å². The van der Waals surface area contributed by atoms with E-state index in [1.165, 1.54) is 6.26 Å². The van der Waals surface area contributed by atoms with Gasteiger partial charge < -0.3 is 9.15 Å². The molecule has 1 aromatic heterocycles. The number of nitrogens with two attached hydrogens (primary N) is 1. The van der Waals surface area contributed by atoms with E-state index in [1.807, 2.05) is 17.8 Å². The Bertz CT molecular complexity index is 375. The Morgan fingerprint density at radius 3 is 3.00 bits per heavy atom. The molecule has 2 heterocycles. The zero-order chi connectivity index (χ0) is 12.1. The molecular formula is C11H16N2O3S. The van der Waals surface area contributed by atoms with E-state index >= 15 is 0 Å². The molecule has 0 spiro atoms. The molecule has 94 valence electrons. The summed E-state index contributed by atoms with van der Waals surface area (Å²) in [6.07, 6.45) is 3.66. The Balaban J connectivity index is 1.89. The first kappa shape index (κ1) is 12.5. The molecule has 1 aliphatic heterocycles. The summed E-state index contributed by atoms with van der Waals surface area (Å²) in [6.45, 7) is 1.67. The van der Waals surface area contributed by atoms with Crippen molar-refractivity contribution in [3.8, 4) is 0 Å². The number of nitrogen functional groups attached to an aromatic ring is 1. The van der Waals surface area contributed by atoms with Crippen LogP contribution < -0.4 is 11.3 Å². The summed E-state index contributed by atoms with van der Waals surface area (Å²) in [5.74, 6) is 5.79. The van der Waals surface area contributed by atoms with Crippen LogP contribution in [-0.2, 0) is 10.5 Å². The zero-order valence-corrected chi connectivity index (χ0v) is 10.3. The lowest BCUT2D eigenvalue weighted by Crippen LogP contribution is -2.30. The first-order valence-corrected chi connectivity index (χ1v) is 6.63. The molecule has 0 aliphatic carbocycles. The van der Waals surface area contributed by atoms with Crippen molar-refractivity contribution in [1.82, 2.24) is 5.43 Å². The summed E-state index contributed by atoms with van der Waals surface area (Å²) in [6, 6.07) is 1.82.